The fourth-order valence-electron chi connectivity index (χ4n) is 2.51. The molecule has 0 saturated carbocycles. The molecule has 0 unspecified atom stereocenters. The van der Waals surface area contributed by atoms with Gasteiger partial charge in [-0.3, -0.25) is 0 Å². The fourth-order valence-corrected chi connectivity index (χ4v) is 2.51. The van der Waals surface area contributed by atoms with E-state index in [2.05, 4.69) is 14.2 Å². The molecule has 0 amide bonds. The van der Waals surface area contributed by atoms with E-state index in [1.165, 1.54) is 27.4 Å². The molecule has 0 fully saturated rings. The average Bonchev–Trinajstić information content (AvgIpc) is 2.87. The van der Waals surface area contributed by atoms with Crippen molar-refractivity contribution in [1.29, 1.82) is 5.26 Å². The maximum atomic E-state index is 11.4. The van der Waals surface area contributed by atoms with Gasteiger partial charge >= 0.3 is 17.9 Å². The number of hydrogen-bond donors (Lipinski definition) is 0. The maximum absolute atomic E-state index is 11.4. The molecule has 33 heavy (non-hydrogen) atoms. The van der Waals surface area contributed by atoms with Crippen LogP contribution in [-0.2, 0) is 28.6 Å². The molecule has 0 heterocycles. The molecule has 0 aliphatic heterocycles. The molecule has 172 valence electrons. The molecule has 0 N–H and O–H groups in total. The fraction of sp³-hybridized carbons (Fsp3) is 0.200. The molecule has 2 aromatic rings. The third-order valence-electron chi connectivity index (χ3n) is 4.32. The van der Waals surface area contributed by atoms with Crippen molar-refractivity contribution in [2.24, 2.45) is 0 Å². The van der Waals surface area contributed by atoms with Gasteiger partial charge in [-0.2, -0.15) is 5.26 Å². The second kappa shape index (κ2) is 13.8. The van der Waals surface area contributed by atoms with Gasteiger partial charge in [-0.15, -0.1) is 0 Å². The number of carbonyl (C=O) groups is 3. The number of ether oxygens (including phenoxy) is 4. The lowest BCUT2D eigenvalue weighted by molar-refractivity contribution is -0.144. The zero-order chi connectivity index (χ0) is 24.8. The van der Waals surface area contributed by atoms with E-state index in [9.17, 15) is 14.4 Å². The Labute approximate surface area is 192 Å². The third-order valence-corrected chi connectivity index (χ3v) is 4.32. The third kappa shape index (κ3) is 7.99. The standard InChI is InChI=1S/C13H13NO3.C12H12O4/c1-9(12(8-14)13(15)17-3)10-4-6-11(16-2)7-5-10;1-15-11(13)10(12(14)16-2)8-9-6-4-3-5-7-9/h4-7H,1-3H3;3-8H,1-2H3. The number of rotatable bonds is 6. The minimum atomic E-state index is -0.712. The first kappa shape index (κ1) is 26.7. The molecule has 0 bridgehead atoms. The van der Waals surface area contributed by atoms with Crippen LogP contribution in [0.25, 0.3) is 11.6 Å². The van der Waals surface area contributed by atoms with Gasteiger partial charge in [-0.05, 0) is 41.8 Å². The lowest BCUT2D eigenvalue weighted by atomic mass is 10.0. The van der Waals surface area contributed by atoms with Crippen molar-refractivity contribution in [3.63, 3.8) is 0 Å². The molecule has 0 aromatic heterocycles. The molecule has 8 heteroatoms. The second-order valence-electron chi connectivity index (χ2n) is 6.28. The van der Waals surface area contributed by atoms with Crippen LogP contribution < -0.4 is 4.74 Å². The van der Waals surface area contributed by atoms with Gasteiger partial charge in [0.05, 0.1) is 28.4 Å². The Morgan fingerprint density at radius 2 is 1.30 bits per heavy atom. The van der Waals surface area contributed by atoms with Crippen molar-refractivity contribution >= 4 is 29.6 Å². The first-order chi connectivity index (χ1) is 15.8. The Hall–Kier alpha value is -4.38. The van der Waals surface area contributed by atoms with Gasteiger partial charge in [0.2, 0.25) is 0 Å². The lowest BCUT2D eigenvalue weighted by Crippen LogP contribution is -2.15. The Morgan fingerprint density at radius 3 is 1.73 bits per heavy atom. The Balaban J connectivity index is 0.000000331. The average molecular weight is 451 g/mol. The minimum Gasteiger partial charge on any atom is -0.497 e. The summed E-state index contributed by atoms with van der Waals surface area (Å²) in [5.41, 5.74) is 1.98. The monoisotopic (exact) mass is 451 g/mol. The Kier molecular flexibility index (Phi) is 11.2. The lowest BCUT2D eigenvalue weighted by Gasteiger charge is -2.05. The molecule has 8 nitrogen and oxygen atoms in total. The van der Waals surface area contributed by atoms with E-state index < -0.39 is 17.9 Å². The van der Waals surface area contributed by atoms with Crippen molar-refractivity contribution in [3.8, 4) is 11.8 Å². The highest BCUT2D eigenvalue weighted by molar-refractivity contribution is 6.17. The van der Waals surface area contributed by atoms with Crippen LogP contribution in [0, 0.1) is 11.3 Å². The highest BCUT2D eigenvalue weighted by Gasteiger charge is 2.19. The van der Waals surface area contributed by atoms with Crippen LogP contribution >= 0.6 is 0 Å². The number of nitrogens with zero attached hydrogens (tertiary/aromatic N) is 1. The van der Waals surface area contributed by atoms with E-state index in [4.69, 9.17) is 10.00 Å². The molecular formula is C25H25NO7. The number of hydrogen-bond acceptors (Lipinski definition) is 8. The van der Waals surface area contributed by atoms with Gasteiger partial charge in [0, 0.05) is 0 Å². The predicted molar refractivity (Wildman–Crippen MR) is 122 cm³/mol. The summed E-state index contributed by atoms with van der Waals surface area (Å²) < 4.78 is 18.6. The summed E-state index contributed by atoms with van der Waals surface area (Å²) in [5.74, 6) is -1.33. The van der Waals surface area contributed by atoms with Crippen LogP contribution in [0.5, 0.6) is 5.75 Å². The second-order valence-corrected chi connectivity index (χ2v) is 6.28. The molecule has 0 spiro atoms. The molecule has 0 aliphatic carbocycles. The van der Waals surface area contributed by atoms with Crippen LogP contribution in [0.4, 0.5) is 0 Å². The van der Waals surface area contributed by atoms with Crippen LogP contribution in [0.1, 0.15) is 18.1 Å². The number of carbonyl (C=O) groups excluding carboxylic acids is 3. The summed E-state index contributed by atoms with van der Waals surface area (Å²) in [7, 11) is 5.25. The van der Waals surface area contributed by atoms with Gasteiger partial charge in [-0.1, -0.05) is 42.5 Å². The number of nitriles is 1. The molecular weight excluding hydrogens is 426 g/mol. The molecule has 0 radical (unpaired) electrons. The quantitative estimate of drug-likeness (QED) is 0.164. The van der Waals surface area contributed by atoms with E-state index in [-0.39, 0.29) is 11.1 Å². The van der Waals surface area contributed by atoms with Crippen molar-refractivity contribution in [3.05, 3.63) is 76.9 Å². The predicted octanol–water partition coefficient (Wildman–Crippen LogP) is 3.58. The van der Waals surface area contributed by atoms with Gasteiger partial charge in [0.1, 0.15) is 23.0 Å². The van der Waals surface area contributed by atoms with Gasteiger partial charge < -0.3 is 18.9 Å². The van der Waals surface area contributed by atoms with Gasteiger partial charge in [-0.25, -0.2) is 14.4 Å². The highest BCUT2D eigenvalue weighted by atomic mass is 16.5. The summed E-state index contributed by atoms with van der Waals surface area (Å²) >= 11 is 0. The molecule has 2 rings (SSSR count). The maximum Gasteiger partial charge on any atom is 0.348 e. The van der Waals surface area contributed by atoms with E-state index in [0.29, 0.717) is 5.57 Å². The zero-order valence-corrected chi connectivity index (χ0v) is 19.1. The number of esters is 3. The van der Waals surface area contributed by atoms with E-state index >= 15 is 0 Å². The van der Waals surface area contributed by atoms with E-state index in [0.717, 1.165) is 16.9 Å². The van der Waals surface area contributed by atoms with Gasteiger partial charge in [0.25, 0.3) is 0 Å². The number of allylic oxidation sites excluding steroid dienone is 1. The SMILES string of the molecule is COC(=O)C(=Cc1ccccc1)C(=O)OC.COC(=O)C(C#N)=C(C)c1ccc(OC)cc1. The number of benzene rings is 2. The normalized spacial score (nSPS) is 10.2. The van der Waals surface area contributed by atoms with Crippen molar-refractivity contribution in [1.82, 2.24) is 0 Å². The first-order valence-corrected chi connectivity index (χ1v) is 9.59. The molecule has 0 saturated heterocycles. The Bertz CT molecular complexity index is 1040. The zero-order valence-electron chi connectivity index (χ0n) is 19.1. The first-order valence-electron chi connectivity index (χ1n) is 9.59. The summed E-state index contributed by atoms with van der Waals surface area (Å²) in [4.78, 5) is 34.0. The topological polar surface area (TPSA) is 112 Å². The van der Waals surface area contributed by atoms with Gasteiger partial charge in [0.15, 0.2) is 0 Å². The van der Waals surface area contributed by atoms with Crippen molar-refractivity contribution in [2.75, 3.05) is 28.4 Å². The smallest absolute Gasteiger partial charge is 0.348 e. The van der Waals surface area contributed by atoms with Crippen molar-refractivity contribution in [2.45, 2.75) is 6.92 Å². The summed E-state index contributed by atoms with van der Waals surface area (Å²) in [6.07, 6.45) is 1.43. The minimum absolute atomic E-state index is 0.0117. The largest absolute Gasteiger partial charge is 0.497 e. The van der Waals surface area contributed by atoms with Crippen molar-refractivity contribution < 1.29 is 33.3 Å². The van der Waals surface area contributed by atoms with Crippen LogP contribution in [0.15, 0.2) is 65.7 Å². The van der Waals surface area contributed by atoms with Crippen LogP contribution in [0.3, 0.4) is 0 Å². The number of methoxy groups -OCH3 is 4. The summed E-state index contributed by atoms with van der Waals surface area (Å²) in [6, 6.07) is 18.0. The van der Waals surface area contributed by atoms with Crippen LogP contribution in [-0.4, -0.2) is 46.3 Å². The van der Waals surface area contributed by atoms with E-state index in [1.54, 1.807) is 62.6 Å². The van der Waals surface area contributed by atoms with Crippen LogP contribution in [0.2, 0.25) is 0 Å². The Morgan fingerprint density at radius 1 is 0.788 bits per heavy atom. The molecule has 0 aliphatic rings. The summed E-state index contributed by atoms with van der Waals surface area (Å²) in [5, 5.41) is 8.93. The van der Waals surface area contributed by atoms with E-state index in [1.807, 2.05) is 12.1 Å². The summed E-state index contributed by atoms with van der Waals surface area (Å²) in [6.45, 7) is 1.71. The highest BCUT2D eigenvalue weighted by Crippen LogP contribution is 2.21. The molecule has 0 atom stereocenters. The molecule has 2 aromatic carbocycles.